The summed E-state index contributed by atoms with van der Waals surface area (Å²) in [6.07, 6.45) is 0.852. The highest BCUT2D eigenvalue weighted by Gasteiger charge is 2.18. The first-order valence-electron chi connectivity index (χ1n) is 5.73. The lowest BCUT2D eigenvalue weighted by Gasteiger charge is -2.17. The fourth-order valence-electron chi connectivity index (χ4n) is 1.76. The number of halogens is 1. The molecule has 1 unspecified atom stereocenters. The van der Waals surface area contributed by atoms with Gasteiger partial charge >= 0.3 is 0 Å². The number of aliphatic hydroxyl groups excluding tert-OH is 1. The molecule has 1 N–H and O–H groups in total. The van der Waals surface area contributed by atoms with Crippen LogP contribution in [0.15, 0.2) is 16.6 Å². The second-order valence-electron chi connectivity index (χ2n) is 3.86. The van der Waals surface area contributed by atoms with Crippen LogP contribution in [0.4, 0.5) is 0 Å². The molecule has 0 saturated heterocycles. The van der Waals surface area contributed by atoms with Crippen molar-refractivity contribution in [2.45, 2.75) is 18.9 Å². The molecule has 0 aliphatic carbocycles. The molecule has 0 aliphatic heterocycles. The van der Waals surface area contributed by atoms with Gasteiger partial charge in [-0.1, -0.05) is 0 Å². The second kappa shape index (κ2) is 7.61. The van der Waals surface area contributed by atoms with E-state index in [-0.39, 0.29) is 0 Å². The summed E-state index contributed by atoms with van der Waals surface area (Å²) in [5.41, 5.74) is 0.751. The molecule has 1 atom stereocenters. The Kier molecular flexibility index (Phi) is 6.46. The average Bonchev–Trinajstić information content (AvgIpc) is 2.38. The summed E-state index contributed by atoms with van der Waals surface area (Å²) in [6, 6.07) is 3.63. The van der Waals surface area contributed by atoms with Crippen molar-refractivity contribution in [2.24, 2.45) is 0 Å². The lowest BCUT2D eigenvalue weighted by Crippen LogP contribution is -2.03. The fourth-order valence-corrected chi connectivity index (χ4v) is 2.44. The molecule has 0 bridgehead atoms. The Morgan fingerprint density at radius 1 is 1.22 bits per heavy atom. The molecule has 0 aromatic heterocycles. The van der Waals surface area contributed by atoms with E-state index in [1.807, 2.05) is 12.1 Å². The minimum absolute atomic E-state index is 0.572. The summed E-state index contributed by atoms with van der Waals surface area (Å²) in [6.45, 7) is 0.636. The Bertz CT molecular complexity index is 381. The maximum Gasteiger partial charge on any atom is 0.142 e. The highest BCUT2D eigenvalue weighted by Crippen LogP contribution is 2.40. The van der Waals surface area contributed by atoms with Crippen LogP contribution in [0.25, 0.3) is 0 Å². The van der Waals surface area contributed by atoms with Crippen LogP contribution < -0.4 is 9.47 Å². The Hall–Kier alpha value is -0.780. The van der Waals surface area contributed by atoms with Gasteiger partial charge in [-0.25, -0.2) is 0 Å². The lowest BCUT2D eigenvalue weighted by molar-refractivity contribution is 0.133. The Morgan fingerprint density at radius 3 is 2.50 bits per heavy atom. The second-order valence-corrected chi connectivity index (χ2v) is 4.65. The summed E-state index contributed by atoms with van der Waals surface area (Å²) < 4.78 is 16.2. The Balaban J connectivity index is 2.90. The van der Waals surface area contributed by atoms with Gasteiger partial charge in [0, 0.05) is 19.3 Å². The molecule has 0 saturated carbocycles. The Morgan fingerprint density at radius 2 is 1.94 bits per heavy atom. The summed E-state index contributed by atoms with van der Waals surface area (Å²) in [4.78, 5) is 0. The van der Waals surface area contributed by atoms with Gasteiger partial charge in [0.15, 0.2) is 0 Å². The average molecular weight is 319 g/mol. The van der Waals surface area contributed by atoms with Crippen LogP contribution in [-0.2, 0) is 4.74 Å². The summed E-state index contributed by atoms with van der Waals surface area (Å²) >= 11 is 3.42. The molecule has 0 spiro atoms. The van der Waals surface area contributed by atoms with Crippen LogP contribution in [0.5, 0.6) is 11.5 Å². The third kappa shape index (κ3) is 3.60. The lowest BCUT2D eigenvalue weighted by atomic mass is 10.0. The number of benzene rings is 1. The van der Waals surface area contributed by atoms with Gasteiger partial charge < -0.3 is 19.3 Å². The Labute approximate surface area is 116 Å². The number of aliphatic hydroxyl groups is 1. The van der Waals surface area contributed by atoms with Crippen LogP contribution in [0, 0.1) is 0 Å². The van der Waals surface area contributed by atoms with E-state index in [1.54, 1.807) is 21.3 Å². The van der Waals surface area contributed by atoms with E-state index < -0.39 is 6.10 Å². The molecule has 0 amide bonds. The third-order valence-electron chi connectivity index (χ3n) is 2.70. The monoisotopic (exact) mass is 318 g/mol. The fraction of sp³-hybridized carbons (Fsp3) is 0.538. The van der Waals surface area contributed by atoms with E-state index in [9.17, 15) is 5.11 Å². The normalized spacial score (nSPS) is 12.3. The van der Waals surface area contributed by atoms with E-state index in [4.69, 9.17) is 14.2 Å². The van der Waals surface area contributed by atoms with Gasteiger partial charge in [-0.05, 0) is 40.9 Å². The van der Waals surface area contributed by atoms with Crippen molar-refractivity contribution >= 4 is 15.9 Å². The first-order valence-corrected chi connectivity index (χ1v) is 6.52. The predicted octanol–water partition coefficient (Wildman–Crippen LogP) is 2.93. The molecule has 1 aromatic carbocycles. The van der Waals surface area contributed by atoms with Crippen LogP contribution >= 0.6 is 15.9 Å². The van der Waals surface area contributed by atoms with Crippen LogP contribution in [0.1, 0.15) is 24.5 Å². The smallest absolute Gasteiger partial charge is 0.142 e. The first-order chi connectivity index (χ1) is 8.65. The van der Waals surface area contributed by atoms with Gasteiger partial charge in [0.05, 0.1) is 20.3 Å². The molecule has 1 aromatic rings. The van der Waals surface area contributed by atoms with Crippen LogP contribution in [-0.4, -0.2) is 33.0 Å². The quantitative estimate of drug-likeness (QED) is 0.785. The molecule has 1 rings (SSSR count). The molecule has 0 fully saturated rings. The summed E-state index contributed by atoms with van der Waals surface area (Å²) in [5.74, 6) is 1.29. The van der Waals surface area contributed by atoms with Crippen molar-refractivity contribution in [2.75, 3.05) is 27.9 Å². The molecule has 0 heterocycles. The molecule has 4 nitrogen and oxygen atoms in total. The van der Waals surface area contributed by atoms with Gasteiger partial charge in [-0.3, -0.25) is 0 Å². The van der Waals surface area contributed by atoms with Gasteiger partial charge in [0.2, 0.25) is 0 Å². The van der Waals surface area contributed by atoms with E-state index in [2.05, 4.69) is 15.9 Å². The van der Waals surface area contributed by atoms with Gasteiger partial charge in [0.1, 0.15) is 16.0 Å². The minimum atomic E-state index is -0.572. The van der Waals surface area contributed by atoms with Crippen LogP contribution in [0.2, 0.25) is 0 Å². The molecular formula is C13H19BrO4. The largest absolute Gasteiger partial charge is 0.495 e. The topological polar surface area (TPSA) is 47.9 Å². The van der Waals surface area contributed by atoms with Crippen molar-refractivity contribution in [1.82, 2.24) is 0 Å². The molecule has 0 radical (unpaired) electrons. The molecule has 0 aliphatic rings. The zero-order valence-corrected chi connectivity index (χ0v) is 12.5. The van der Waals surface area contributed by atoms with Gasteiger partial charge in [0.25, 0.3) is 0 Å². The third-order valence-corrected chi connectivity index (χ3v) is 3.45. The van der Waals surface area contributed by atoms with Crippen LogP contribution in [0.3, 0.4) is 0 Å². The van der Waals surface area contributed by atoms with Crippen molar-refractivity contribution in [3.05, 3.63) is 22.2 Å². The summed E-state index contributed by atoms with van der Waals surface area (Å²) in [7, 11) is 4.82. The zero-order chi connectivity index (χ0) is 13.5. The number of ether oxygens (including phenoxy) is 3. The maximum absolute atomic E-state index is 10.1. The highest BCUT2D eigenvalue weighted by atomic mass is 79.9. The van der Waals surface area contributed by atoms with Crippen molar-refractivity contribution < 1.29 is 19.3 Å². The van der Waals surface area contributed by atoms with E-state index in [0.717, 1.165) is 16.5 Å². The van der Waals surface area contributed by atoms with Crippen molar-refractivity contribution in [1.29, 1.82) is 0 Å². The van der Waals surface area contributed by atoms with E-state index in [0.29, 0.717) is 24.5 Å². The molecule has 102 valence electrons. The summed E-state index contributed by atoms with van der Waals surface area (Å²) in [5, 5.41) is 10.1. The minimum Gasteiger partial charge on any atom is -0.495 e. The molecule has 18 heavy (non-hydrogen) atoms. The first kappa shape index (κ1) is 15.3. The SMILES string of the molecule is COCCCC(O)c1ccc(OC)c(Br)c1OC. The number of hydrogen-bond acceptors (Lipinski definition) is 4. The predicted molar refractivity (Wildman–Crippen MR) is 73.3 cm³/mol. The van der Waals surface area contributed by atoms with Gasteiger partial charge in [-0.2, -0.15) is 0 Å². The van der Waals surface area contributed by atoms with Gasteiger partial charge in [-0.15, -0.1) is 0 Å². The number of hydrogen-bond donors (Lipinski definition) is 1. The number of rotatable bonds is 7. The van der Waals surface area contributed by atoms with E-state index >= 15 is 0 Å². The molecule has 5 heteroatoms. The van der Waals surface area contributed by atoms with Crippen molar-refractivity contribution in [3.63, 3.8) is 0 Å². The number of methoxy groups -OCH3 is 3. The highest BCUT2D eigenvalue weighted by molar-refractivity contribution is 9.10. The zero-order valence-electron chi connectivity index (χ0n) is 10.9. The van der Waals surface area contributed by atoms with Crippen molar-refractivity contribution in [3.8, 4) is 11.5 Å². The standard InChI is InChI=1S/C13H19BrO4/c1-16-8-4-5-10(15)9-6-7-11(17-2)12(14)13(9)18-3/h6-7,10,15H,4-5,8H2,1-3H3. The van der Waals surface area contributed by atoms with E-state index in [1.165, 1.54) is 0 Å². The maximum atomic E-state index is 10.1. The molecular weight excluding hydrogens is 300 g/mol.